The van der Waals surface area contributed by atoms with E-state index in [2.05, 4.69) is 10.9 Å². The molecule has 0 saturated heterocycles. The predicted octanol–water partition coefficient (Wildman–Crippen LogP) is 0.763. The first kappa shape index (κ1) is 44.5. The maximum Gasteiger partial charge on any atom is 0.325 e. The second-order valence-corrected chi connectivity index (χ2v) is 12.1. The van der Waals surface area contributed by atoms with E-state index in [0.29, 0.717) is 11.1 Å². The highest BCUT2D eigenvalue weighted by atomic mass is 32.2. The molecule has 276 valence electrons. The quantitative estimate of drug-likeness (QED) is 0.0529. The standard InChI is InChI=1S/2C10H14N2O4.C6H6O3S.C4H6O4/c2*1-10(12-11,9(15)16)5-6-2-3-7(13)8(14)4-6;7-10(8,9)6-4-2-1-3-5-6;5-3(6)1-2-4(7)8/h2*2-4,12-14H,5,11H2,1H3,(H,15,16);1-5H,(H,7,8,9);1-2H2,(H,5,6)(H,7,8)/t2*10-;;/m00../s1. The molecular weight excluding hydrogens is 688 g/mol. The Balaban J connectivity index is 0.000000665. The van der Waals surface area contributed by atoms with E-state index in [1.54, 1.807) is 18.2 Å². The summed E-state index contributed by atoms with van der Waals surface area (Å²) in [6.45, 7) is 2.86. The lowest BCUT2D eigenvalue weighted by Gasteiger charge is -2.23. The van der Waals surface area contributed by atoms with Crippen LogP contribution in [-0.2, 0) is 42.1 Å². The molecule has 0 radical (unpaired) electrons. The molecule has 15 N–H and O–H groups in total. The first-order valence-corrected chi connectivity index (χ1v) is 15.4. The molecule has 0 heterocycles. The van der Waals surface area contributed by atoms with E-state index in [-0.39, 0.29) is 53.6 Å². The smallest absolute Gasteiger partial charge is 0.325 e. The van der Waals surface area contributed by atoms with Crippen LogP contribution in [0.3, 0.4) is 0 Å². The Morgan fingerprint density at radius 1 is 0.620 bits per heavy atom. The maximum atomic E-state index is 11.0. The van der Waals surface area contributed by atoms with Gasteiger partial charge in [-0.05, 0) is 61.4 Å². The Bertz CT molecular complexity index is 1620. The van der Waals surface area contributed by atoms with E-state index < -0.39 is 45.1 Å². The zero-order valence-corrected chi connectivity index (χ0v) is 27.5. The Labute approximate surface area is 285 Å². The van der Waals surface area contributed by atoms with Gasteiger partial charge in [0.1, 0.15) is 11.1 Å². The molecule has 0 saturated carbocycles. The summed E-state index contributed by atoms with van der Waals surface area (Å²) in [6, 6.07) is 15.7. The maximum absolute atomic E-state index is 11.0. The Morgan fingerprint density at radius 3 is 1.18 bits per heavy atom. The fourth-order valence-corrected chi connectivity index (χ4v) is 3.86. The molecule has 3 aromatic rings. The van der Waals surface area contributed by atoms with E-state index >= 15 is 0 Å². The van der Waals surface area contributed by atoms with Gasteiger partial charge in [-0.15, -0.1) is 0 Å². The molecule has 3 rings (SSSR count). The third kappa shape index (κ3) is 16.1. The highest BCUT2D eigenvalue weighted by Crippen LogP contribution is 2.27. The zero-order valence-electron chi connectivity index (χ0n) is 26.7. The highest BCUT2D eigenvalue weighted by Gasteiger charge is 2.33. The molecule has 50 heavy (non-hydrogen) atoms. The lowest BCUT2D eigenvalue weighted by Crippen LogP contribution is -2.54. The summed E-state index contributed by atoms with van der Waals surface area (Å²) >= 11 is 0. The van der Waals surface area contributed by atoms with Crippen LogP contribution in [0.25, 0.3) is 0 Å². The molecule has 0 aliphatic heterocycles. The molecule has 0 bridgehead atoms. The molecular formula is C30H40N4O15S. The van der Waals surface area contributed by atoms with E-state index in [4.69, 9.17) is 46.9 Å². The van der Waals surface area contributed by atoms with Crippen LogP contribution in [0.1, 0.15) is 37.8 Å². The SMILES string of the molecule is C[C@@](Cc1ccc(O)c(O)c1)(NN)C(=O)O.C[C@@](Cc1ccc(O)c(O)c1)(NN)C(=O)O.O=C(O)CCC(=O)O.O=S(=O)(O)c1ccccc1. The Hall–Kier alpha value is -5.51. The van der Waals surface area contributed by atoms with Crippen LogP contribution in [-0.4, -0.2) is 88.8 Å². The van der Waals surface area contributed by atoms with Gasteiger partial charge in [-0.2, -0.15) is 8.42 Å². The van der Waals surface area contributed by atoms with Gasteiger partial charge in [0, 0.05) is 12.8 Å². The molecule has 0 amide bonds. The average molecular weight is 729 g/mol. The fourth-order valence-electron chi connectivity index (χ4n) is 3.36. The van der Waals surface area contributed by atoms with Crippen LogP contribution in [0.15, 0.2) is 71.6 Å². The van der Waals surface area contributed by atoms with Crippen LogP contribution in [0.4, 0.5) is 0 Å². The number of aromatic hydroxyl groups is 4. The summed E-state index contributed by atoms with van der Waals surface area (Å²) in [7, 11) is -4.00. The van der Waals surface area contributed by atoms with Gasteiger partial charge in [0.2, 0.25) is 0 Å². The first-order valence-electron chi connectivity index (χ1n) is 13.9. The van der Waals surface area contributed by atoms with Gasteiger partial charge < -0.3 is 40.9 Å². The van der Waals surface area contributed by atoms with Crippen LogP contribution >= 0.6 is 0 Å². The molecule has 0 spiro atoms. The number of aliphatic carboxylic acids is 4. The molecule has 19 nitrogen and oxygen atoms in total. The van der Waals surface area contributed by atoms with Crippen LogP contribution in [0.2, 0.25) is 0 Å². The van der Waals surface area contributed by atoms with Gasteiger partial charge in [-0.25, -0.2) is 10.9 Å². The minimum Gasteiger partial charge on any atom is -0.504 e. The fraction of sp³-hybridized carbons (Fsp3) is 0.267. The van der Waals surface area contributed by atoms with E-state index in [9.17, 15) is 37.8 Å². The predicted molar refractivity (Wildman–Crippen MR) is 174 cm³/mol. The second-order valence-electron chi connectivity index (χ2n) is 10.6. The number of benzene rings is 3. The summed E-state index contributed by atoms with van der Waals surface area (Å²) in [5.74, 6) is 4.94. The van der Waals surface area contributed by atoms with Crippen molar-refractivity contribution in [3.05, 3.63) is 77.9 Å². The van der Waals surface area contributed by atoms with Crippen molar-refractivity contribution in [3.8, 4) is 23.0 Å². The molecule has 0 unspecified atom stereocenters. The van der Waals surface area contributed by atoms with Crippen LogP contribution in [0.5, 0.6) is 23.0 Å². The van der Waals surface area contributed by atoms with Crippen molar-refractivity contribution in [2.24, 2.45) is 11.7 Å². The first-order chi connectivity index (χ1) is 23.0. The van der Waals surface area contributed by atoms with Gasteiger partial charge in [-0.1, -0.05) is 30.3 Å². The number of carboxylic acid groups (broad SMARTS) is 4. The van der Waals surface area contributed by atoms with Crippen LogP contribution < -0.4 is 22.5 Å². The molecule has 0 aromatic heterocycles. The summed E-state index contributed by atoms with van der Waals surface area (Å²) in [5.41, 5.74) is 2.91. The van der Waals surface area contributed by atoms with Crippen molar-refractivity contribution >= 4 is 34.0 Å². The molecule has 0 fully saturated rings. The lowest BCUT2D eigenvalue weighted by atomic mass is 9.93. The number of nitrogens with two attached hydrogens (primary N) is 2. The van der Waals surface area contributed by atoms with Gasteiger partial charge in [0.25, 0.3) is 10.1 Å². The number of carboxylic acids is 4. The molecule has 3 aromatic carbocycles. The number of nitrogens with one attached hydrogen (secondary N) is 2. The summed E-state index contributed by atoms with van der Waals surface area (Å²) < 4.78 is 29.2. The van der Waals surface area contributed by atoms with Crippen molar-refractivity contribution in [1.29, 1.82) is 0 Å². The Kier molecular flexibility index (Phi) is 17.9. The summed E-state index contributed by atoms with van der Waals surface area (Å²) in [6.07, 6.45) is -0.413. The van der Waals surface area contributed by atoms with E-state index in [1.165, 1.54) is 62.4 Å². The van der Waals surface area contributed by atoms with Crippen molar-refractivity contribution in [2.75, 3.05) is 0 Å². The second kappa shape index (κ2) is 20.1. The number of phenols is 4. The minimum atomic E-state index is -4.00. The molecule has 0 aliphatic carbocycles. The van der Waals surface area contributed by atoms with Gasteiger partial charge in [0.05, 0.1) is 17.7 Å². The number of phenolic OH excluding ortho intramolecular Hbond substituents is 4. The number of carbonyl (C=O) groups is 4. The summed E-state index contributed by atoms with van der Waals surface area (Å²) in [4.78, 5) is 41.1. The monoisotopic (exact) mass is 728 g/mol. The van der Waals surface area contributed by atoms with E-state index in [1.807, 2.05) is 0 Å². The van der Waals surface area contributed by atoms with Gasteiger partial charge >= 0.3 is 23.9 Å². The van der Waals surface area contributed by atoms with Crippen molar-refractivity contribution < 1.29 is 73.0 Å². The normalized spacial score (nSPS) is 12.8. The van der Waals surface area contributed by atoms with Crippen molar-refractivity contribution in [3.63, 3.8) is 0 Å². The largest absolute Gasteiger partial charge is 0.504 e. The molecule has 20 heteroatoms. The third-order valence-corrected chi connectivity index (χ3v) is 7.24. The van der Waals surface area contributed by atoms with Crippen LogP contribution in [0, 0.1) is 0 Å². The topological polar surface area (TPSA) is 361 Å². The number of hydrogen-bond donors (Lipinski definition) is 13. The lowest BCUT2D eigenvalue weighted by molar-refractivity contribution is -0.145. The Morgan fingerprint density at radius 2 is 0.960 bits per heavy atom. The highest BCUT2D eigenvalue weighted by molar-refractivity contribution is 7.85. The van der Waals surface area contributed by atoms with Gasteiger partial charge in [0.15, 0.2) is 23.0 Å². The number of hydrogen-bond acceptors (Lipinski definition) is 14. The van der Waals surface area contributed by atoms with Crippen molar-refractivity contribution in [2.45, 2.75) is 55.5 Å². The molecule has 2 atom stereocenters. The number of hydrazine groups is 2. The molecule has 0 aliphatic rings. The van der Waals surface area contributed by atoms with E-state index in [0.717, 1.165) is 0 Å². The number of rotatable bonds is 12. The van der Waals surface area contributed by atoms with Crippen molar-refractivity contribution in [1.82, 2.24) is 10.9 Å². The minimum absolute atomic E-state index is 0.0741. The third-order valence-electron chi connectivity index (χ3n) is 6.37. The van der Waals surface area contributed by atoms with Gasteiger partial charge in [-0.3, -0.25) is 35.4 Å². The zero-order chi connectivity index (χ0) is 38.9. The summed E-state index contributed by atoms with van der Waals surface area (Å²) in [5, 5.41) is 70.4. The average Bonchev–Trinajstić information content (AvgIpc) is 3.04.